The number of anilines is 1. The topological polar surface area (TPSA) is 113 Å². The lowest BCUT2D eigenvalue weighted by Crippen LogP contribution is -2.51. The van der Waals surface area contributed by atoms with Gasteiger partial charge in [-0.3, -0.25) is 9.79 Å². The van der Waals surface area contributed by atoms with Crippen LogP contribution in [-0.4, -0.2) is 66.0 Å². The second-order valence-electron chi connectivity index (χ2n) is 5.50. The van der Waals surface area contributed by atoms with Crippen LogP contribution in [0.1, 0.15) is 10.6 Å². The predicted molar refractivity (Wildman–Crippen MR) is 109 cm³/mol. The van der Waals surface area contributed by atoms with Crippen molar-refractivity contribution in [1.82, 2.24) is 20.2 Å². The van der Waals surface area contributed by atoms with Gasteiger partial charge in [0.05, 0.1) is 12.8 Å². The van der Waals surface area contributed by atoms with Crippen LogP contribution in [0.5, 0.6) is 0 Å². The Hall–Kier alpha value is -2.37. The first-order chi connectivity index (χ1) is 12.2. The molecule has 10 heteroatoms. The molecule has 1 saturated heterocycles. The molecule has 0 atom stereocenters. The summed E-state index contributed by atoms with van der Waals surface area (Å²) < 4.78 is 5.02. The van der Waals surface area contributed by atoms with Gasteiger partial charge in [0.1, 0.15) is 0 Å². The lowest BCUT2D eigenvalue weighted by molar-refractivity contribution is 0.0927. The maximum atomic E-state index is 11.7. The van der Waals surface area contributed by atoms with Crippen molar-refractivity contribution in [3.63, 3.8) is 0 Å². The van der Waals surface area contributed by atoms with Crippen LogP contribution >= 0.6 is 24.0 Å². The van der Waals surface area contributed by atoms with Crippen molar-refractivity contribution in [3.05, 3.63) is 42.6 Å². The molecule has 3 N–H and O–H groups in total. The molecule has 0 aliphatic carbocycles. The summed E-state index contributed by atoms with van der Waals surface area (Å²) in [7, 11) is 0. The summed E-state index contributed by atoms with van der Waals surface area (Å²) in [4.78, 5) is 28.7. The first kappa shape index (κ1) is 19.9. The average molecular weight is 471 g/mol. The number of hydrogen-bond acceptors (Lipinski definition) is 6. The van der Waals surface area contributed by atoms with Gasteiger partial charge in [-0.05, 0) is 18.2 Å². The van der Waals surface area contributed by atoms with Crippen LogP contribution in [0.15, 0.2) is 46.3 Å². The molecule has 2 aromatic rings. The molecule has 0 aromatic carbocycles. The molecule has 2 aromatic heterocycles. The maximum absolute atomic E-state index is 11.7. The fourth-order valence-corrected chi connectivity index (χ4v) is 2.52. The van der Waals surface area contributed by atoms with Crippen LogP contribution in [0.3, 0.4) is 0 Å². The lowest BCUT2D eigenvalue weighted by atomic mass is 10.3. The van der Waals surface area contributed by atoms with Crippen LogP contribution in [0.4, 0.5) is 5.95 Å². The van der Waals surface area contributed by atoms with E-state index in [0.29, 0.717) is 19.0 Å². The van der Waals surface area contributed by atoms with E-state index in [1.54, 1.807) is 30.6 Å². The Kier molecular flexibility index (Phi) is 7.63. The van der Waals surface area contributed by atoms with Gasteiger partial charge in [-0.1, -0.05) is 0 Å². The van der Waals surface area contributed by atoms with Crippen molar-refractivity contribution >= 4 is 41.8 Å². The Labute approximate surface area is 168 Å². The summed E-state index contributed by atoms with van der Waals surface area (Å²) >= 11 is 0. The molecule has 0 saturated carbocycles. The third-order valence-electron chi connectivity index (χ3n) is 3.85. The van der Waals surface area contributed by atoms with Gasteiger partial charge in [-0.25, -0.2) is 9.97 Å². The highest BCUT2D eigenvalue weighted by Crippen LogP contribution is 2.09. The van der Waals surface area contributed by atoms with E-state index >= 15 is 0 Å². The van der Waals surface area contributed by atoms with Crippen LogP contribution < -0.4 is 16.0 Å². The van der Waals surface area contributed by atoms with Gasteiger partial charge in [-0.2, -0.15) is 0 Å². The SMILES string of the molecule is I.NC(=NCCNC(=O)c1ccco1)N1CCN(c2ncccn2)CC1. The largest absolute Gasteiger partial charge is 0.459 e. The van der Waals surface area contributed by atoms with Crippen molar-refractivity contribution in [3.8, 4) is 0 Å². The van der Waals surface area contributed by atoms with Crippen LogP contribution in [0.25, 0.3) is 0 Å². The maximum Gasteiger partial charge on any atom is 0.287 e. The summed E-state index contributed by atoms with van der Waals surface area (Å²) in [5, 5.41) is 2.73. The molecule has 26 heavy (non-hydrogen) atoms. The Balaban J connectivity index is 0.00000243. The second kappa shape index (κ2) is 9.94. The molecule has 9 nitrogen and oxygen atoms in total. The lowest BCUT2D eigenvalue weighted by Gasteiger charge is -2.35. The Bertz CT molecular complexity index is 701. The number of rotatable bonds is 5. The molecule has 0 unspecified atom stereocenters. The zero-order valence-electron chi connectivity index (χ0n) is 14.2. The number of guanidine groups is 1. The number of piperazine rings is 1. The summed E-state index contributed by atoms with van der Waals surface area (Å²) in [6.45, 7) is 3.90. The van der Waals surface area contributed by atoms with Crippen molar-refractivity contribution in [2.24, 2.45) is 10.7 Å². The minimum atomic E-state index is -0.254. The number of halogens is 1. The van der Waals surface area contributed by atoms with Gasteiger partial charge in [0.15, 0.2) is 11.7 Å². The van der Waals surface area contributed by atoms with Crippen LogP contribution in [-0.2, 0) is 0 Å². The molecule has 3 rings (SSSR count). The minimum absolute atomic E-state index is 0. The highest BCUT2D eigenvalue weighted by atomic mass is 127. The number of carbonyl (C=O) groups is 1. The number of nitrogens with one attached hydrogen (secondary N) is 1. The van der Waals surface area contributed by atoms with Gasteiger partial charge in [0.2, 0.25) is 5.95 Å². The normalized spacial score (nSPS) is 14.7. The Morgan fingerprint density at radius 1 is 1.23 bits per heavy atom. The average Bonchev–Trinajstić information content (AvgIpc) is 3.21. The number of aliphatic imine (C=N–C) groups is 1. The molecular formula is C16H22IN7O2. The van der Waals surface area contributed by atoms with E-state index in [-0.39, 0.29) is 35.6 Å². The first-order valence-corrected chi connectivity index (χ1v) is 8.12. The van der Waals surface area contributed by atoms with E-state index in [4.69, 9.17) is 10.2 Å². The third kappa shape index (κ3) is 5.31. The number of carbonyl (C=O) groups excluding carboxylic acids is 1. The van der Waals surface area contributed by atoms with E-state index < -0.39 is 0 Å². The van der Waals surface area contributed by atoms with Crippen LogP contribution in [0.2, 0.25) is 0 Å². The monoisotopic (exact) mass is 471 g/mol. The van der Waals surface area contributed by atoms with Gasteiger partial charge >= 0.3 is 0 Å². The molecule has 1 amide bonds. The molecule has 3 heterocycles. The molecule has 1 aliphatic heterocycles. The predicted octanol–water partition coefficient (Wildman–Crippen LogP) is 0.554. The van der Waals surface area contributed by atoms with Crippen molar-refractivity contribution < 1.29 is 9.21 Å². The minimum Gasteiger partial charge on any atom is -0.459 e. The molecule has 0 spiro atoms. The summed E-state index contributed by atoms with van der Waals surface area (Å²) in [6.07, 6.45) is 4.94. The molecule has 1 fully saturated rings. The van der Waals surface area contributed by atoms with E-state index in [1.165, 1.54) is 6.26 Å². The number of nitrogens with zero attached hydrogens (tertiary/aromatic N) is 5. The standard InChI is InChI=1S/C16H21N7O2.HI/c17-15(19-7-6-18-14(24)13-3-1-12-25-13)22-8-10-23(11-9-22)16-20-4-2-5-21-16;/h1-5,12H,6-11H2,(H2,17,19)(H,18,24);1H. The molecule has 1 aliphatic rings. The quantitative estimate of drug-likeness (QED) is 0.284. The summed E-state index contributed by atoms with van der Waals surface area (Å²) in [5.41, 5.74) is 6.04. The zero-order valence-corrected chi connectivity index (χ0v) is 16.6. The van der Waals surface area contributed by atoms with Crippen LogP contribution in [0, 0.1) is 0 Å². The fourth-order valence-electron chi connectivity index (χ4n) is 2.52. The fraction of sp³-hybridized carbons (Fsp3) is 0.375. The number of nitrogens with two attached hydrogens (primary N) is 1. The number of furan rings is 1. The number of amides is 1. The van der Waals surface area contributed by atoms with Gasteiger partial charge in [0.25, 0.3) is 5.91 Å². The summed E-state index contributed by atoms with van der Waals surface area (Å²) in [5.74, 6) is 1.26. The number of hydrogen-bond donors (Lipinski definition) is 2. The third-order valence-corrected chi connectivity index (χ3v) is 3.85. The summed E-state index contributed by atoms with van der Waals surface area (Å²) in [6, 6.07) is 5.09. The smallest absolute Gasteiger partial charge is 0.287 e. The first-order valence-electron chi connectivity index (χ1n) is 8.12. The second-order valence-corrected chi connectivity index (χ2v) is 5.50. The zero-order chi connectivity index (χ0) is 17.5. The van der Waals surface area contributed by atoms with Gasteiger partial charge < -0.3 is 25.3 Å². The van der Waals surface area contributed by atoms with Crippen molar-refractivity contribution in [1.29, 1.82) is 0 Å². The highest BCUT2D eigenvalue weighted by molar-refractivity contribution is 14.0. The number of aromatic nitrogens is 2. The van der Waals surface area contributed by atoms with E-state index in [1.807, 2.05) is 4.90 Å². The molecule has 0 bridgehead atoms. The molecular weight excluding hydrogens is 449 g/mol. The van der Waals surface area contributed by atoms with E-state index in [0.717, 1.165) is 32.1 Å². The van der Waals surface area contributed by atoms with E-state index in [2.05, 4.69) is 25.2 Å². The van der Waals surface area contributed by atoms with Gasteiger partial charge in [0, 0.05) is 45.1 Å². The molecule has 0 radical (unpaired) electrons. The Morgan fingerprint density at radius 3 is 2.62 bits per heavy atom. The highest BCUT2D eigenvalue weighted by Gasteiger charge is 2.19. The van der Waals surface area contributed by atoms with Gasteiger partial charge in [-0.15, -0.1) is 24.0 Å². The van der Waals surface area contributed by atoms with E-state index in [9.17, 15) is 4.79 Å². The van der Waals surface area contributed by atoms with Crippen molar-refractivity contribution in [2.45, 2.75) is 0 Å². The van der Waals surface area contributed by atoms with Crippen molar-refractivity contribution in [2.75, 3.05) is 44.2 Å². The molecule has 140 valence electrons. The Morgan fingerprint density at radius 2 is 1.96 bits per heavy atom.